The van der Waals surface area contributed by atoms with Crippen molar-refractivity contribution in [1.29, 1.82) is 0 Å². The summed E-state index contributed by atoms with van der Waals surface area (Å²) in [6.07, 6.45) is -7.02. The van der Waals surface area contributed by atoms with Gasteiger partial charge in [0.2, 0.25) is 5.91 Å². The average molecular weight is 274 g/mol. The molecule has 0 fully saturated rings. The highest BCUT2D eigenvalue weighted by molar-refractivity contribution is 5.94. The minimum absolute atomic E-state index is 0.361. The SMILES string of the molecule is C[C@H](NC(=O)CC(F)(F)F)NC(=O)c1ccccc1. The molecule has 0 aromatic heterocycles. The van der Waals surface area contributed by atoms with E-state index in [4.69, 9.17) is 0 Å². The summed E-state index contributed by atoms with van der Waals surface area (Å²) >= 11 is 0. The van der Waals surface area contributed by atoms with E-state index in [1.54, 1.807) is 30.3 Å². The van der Waals surface area contributed by atoms with Crippen molar-refractivity contribution >= 4 is 11.8 Å². The zero-order chi connectivity index (χ0) is 14.5. The van der Waals surface area contributed by atoms with Crippen LogP contribution < -0.4 is 10.6 Å². The van der Waals surface area contributed by atoms with Crippen molar-refractivity contribution in [1.82, 2.24) is 10.6 Å². The zero-order valence-corrected chi connectivity index (χ0v) is 10.1. The minimum atomic E-state index is -4.56. The molecule has 0 aliphatic rings. The highest BCUT2D eigenvalue weighted by Gasteiger charge is 2.31. The molecule has 0 aliphatic carbocycles. The van der Waals surface area contributed by atoms with E-state index < -0.39 is 30.6 Å². The molecule has 0 unspecified atom stereocenters. The molecule has 1 aromatic rings. The molecule has 0 saturated carbocycles. The van der Waals surface area contributed by atoms with Crippen LogP contribution in [-0.4, -0.2) is 24.2 Å². The van der Waals surface area contributed by atoms with E-state index in [1.165, 1.54) is 6.92 Å². The summed E-state index contributed by atoms with van der Waals surface area (Å²) in [5.41, 5.74) is 0.361. The lowest BCUT2D eigenvalue weighted by molar-refractivity contribution is -0.154. The third-order valence-electron chi connectivity index (χ3n) is 2.12. The number of amides is 2. The Morgan fingerprint density at radius 2 is 1.74 bits per heavy atom. The molecule has 0 radical (unpaired) electrons. The van der Waals surface area contributed by atoms with Gasteiger partial charge in [0.05, 0.1) is 6.17 Å². The first-order valence-electron chi connectivity index (χ1n) is 5.50. The smallest absolute Gasteiger partial charge is 0.336 e. The van der Waals surface area contributed by atoms with Crippen molar-refractivity contribution in [2.45, 2.75) is 25.7 Å². The van der Waals surface area contributed by atoms with Crippen LogP contribution in [0.5, 0.6) is 0 Å². The molecule has 0 spiro atoms. The molecule has 19 heavy (non-hydrogen) atoms. The van der Waals surface area contributed by atoms with Crippen molar-refractivity contribution in [3.8, 4) is 0 Å². The van der Waals surface area contributed by atoms with Crippen LogP contribution in [0.3, 0.4) is 0 Å². The van der Waals surface area contributed by atoms with E-state index >= 15 is 0 Å². The Morgan fingerprint density at radius 1 is 1.16 bits per heavy atom. The molecule has 0 bridgehead atoms. The first-order valence-corrected chi connectivity index (χ1v) is 5.50. The molecule has 0 saturated heterocycles. The van der Waals surface area contributed by atoms with Gasteiger partial charge in [-0.05, 0) is 19.1 Å². The standard InChI is InChI=1S/C12H13F3N2O2/c1-8(16-10(18)7-12(13,14)15)17-11(19)9-5-3-2-4-6-9/h2-6,8H,7H2,1H3,(H,16,18)(H,17,19)/t8-/m1/s1. The molecule has 2 amide bonds. The monoisotopic (exact) mass is 274 g/mol. The molecule has 0 heterocycles. The first kappa shape index (κ1) is 15.0. The van der Waals surface area contributed by atoms with Crippen LogP contribution in [0.2, 0.25) is 0 Å². The highest BCUT2D eigenvalue weighted by atomic mass is 19.4. The number of carbonyl (C=O) groups excluding carboxylic acids is 2. The maximum absolute atomic E-state index is 11.9. The molecule has 2 N–H and O–H groups in total. The number of rotatable bonds is 4. The molecule has 0 aliphatic heterocycles. The van der Waals surface area contributed by atoms with Crippen molar-refractivity contribution in [2.75, 3.05) is 0 Å². The maximum atomic E-state index is 11.9. The van der Waals surface area contributed by atoms with Crippen LogP contribution in [0.4, 0.5) is 13.2 Å². The van der Waals surface area contributed by atoms with Crippen LogP contribution in [-0.2, 0) is 4.79 Å². The normalized spacial score (nSPS) is 12.6. The second kappa shape index (κ2) is 6.21. The Balaban J connectivity index is 2.45. The van der Waals surface area contributed by atoms with Gasteiger partial charge in [-0.1, -0.05) is 18.2 Å². The van der Waals surface area contributed by atoms with Crippen molar-refractivity contribution < 1.29 is 22.8 Å². The molecule has 104 valence electrons. The minimum Gasteiger partial charge on any atom is -0.336 e. The Labute approximate surface area is 108 Å². The Kier molecular flexibility index (Phi) is 4.91. The Bertz CT molecular complexity index is 446. The van der Waals surface area contributed by atoms with Gasteiger partial charge in [0, 0.05) is 5.56 Å². The third kappa shape index (κ3) is 5.89. The molecule has 1 aromatic carbocycles. The van der Waals surface area contributed by atoms with Crippen LogP contribution in [0.15, 0.2) is 30.3 Å². The van der Waals surface area contributed by atoms with Crippen LogP contribution in [0.1, 0.15) is 23.7 Å². The summed E-state index contributed by atoms with van der Waals surface area (Å²) in [6, 6.07) is 8.15. The van der Waals surface area contributed by atoms with Gasteiger partial charge in [-0.15, -0.1) is 0 Å². The van der Waals surface area contributed by atoms with Gasteiger partial charge in [-0.3, -0.25) is 9.59 Å². The molecule has 1 atom stereocenters. The van der Waals surface area contributed by atoms with E-state index in [0.717, 1.165) is 0 Å². The number of hydrogen-bond acceptors (Lipinski definition) is 2. The topological polar surface area (TPSA) is 58.2 Å². The summed E-state index contributed by atoms with van der Waals surface area (Å²) in [6.45, 7) is 1.38. The van der Waals surface area contributed by atoms with Gasteiger partial charge in [-0.25, -0.2) is 0 Å². The molecular formula is C12H13F3N2O2. The average Bonchev–Trinajstić information content (AvgIpc) is 2.27. The van der Waals surface area contributed by atoms with Gasteiger partial charge in [-0.2, -0.15) is 13.2 Å². The number of alkyl halides is 3. The van der Waals surface area contributed by atoms with E-state index in [2.05, 4.69) is 5.32 Å². The summed E-state index contributed by atoms with van der Waals surface area (Å²) in [5, 5.41) is 4.42. The van der Waals surface area contributed by atoms with E-state index in [9.17, 15) is 22.8 Å². The van der Waals surface area contributed by atoms with Crippen LogP contribution >= 0.6 is 0 Å². The van der Waals surface area contributed by atoms with Gasteiger partial charge >= 0.3 is 6.18 Å². The van der Waals surface area contributed by atoms with E-state index in [1.807, 2.05) is 5.32 Å². The fraction of sp³-hybridized carbons (Fsp3) is 0.333. The van der Waals surface area contributed by atoms with Crippen molar-refractivity contribution in [3.63, 3.8) is 0 Å². The largest absolute Gasteiger partial charge is 0.397 e. The molecule has 1 rings (SSSR count). The summed E-state index contributed by atoms with van der Waals surface area (Å²) < 4.78 is 35.8. The Morgan fingerprint density at radius 3 is 2.26 bits per heavy atom. The number of hydrogen-bond donors (Lipinski definition) is 2. The lowest BCUT2D eigenvalue weighted by Crippen LogP contribution is -2.46. The van der Waals surface area contributed by atoms with E-state index in [-0.39, 0.29) is 0 Å². The number of carbonyl (C=O) groups is 2. The zero-order valence-electron chi connectivity index (χ0n) is 10.1. The fourth-order valence-electron chi connectivity index (χ4n) is 1.38. The van der Waals surface area contributed by atoms with Gasteiger partial charge in [0.1, 0.15) is 6.42 Å². The fourth-order valence-corrected chi connectivity index (χ4v) is 1.38. The van der Waals surface area contributed by atoms with Crippen molar-refractivity contribution in [3.05, 3.63) is 35.9 Å². The van der Waals surface area contributed by atoms with Crippen LogP contribution in [0, 0.1) is 0 Å². The second-order valence-electron chi connectivity index (χ2n) is 3.92. The predicted octanol–water partition coefficient (Wildman–Crippen LogP) is 1.83. The summed E-state index contributed by atoms with van der Waals surface area (Å²) in [5.74, 6) is -1.66. The third-order valence-corrected chi connectivity index (χ3v) is 2.12. The van der Waals surface area contributed by atoms with E-state index in [0.29, 0.717) is 5.56 Å². The molecular weight excluding hydrogens is 261 g/mol. The number of nitrogens with one attached hydrogen (secondary N) is 2. The lowest BCUT2D eigenvalue weighted by atomic mass is 10.2. The summed E-state index contributed by atoms with van der Waals surface area (Å²) in [4.78, 5) is 22.6. The number of benzene rings is 1. The van der Waals surface area contributed by atoms with Gasteiger partial charge in [0.25, 0.3) is 5.91 Å². The highest BCUT2D eigenvalue weighted by Crippen LogP contribution is 2.18. The van der Waals surface area contributed by atoms with Crippen LogP contribution in [0.25, 0.3) is 0 Å². The molecule has 4 nitrogen and oxygen atoms in total. The first-order chi connectivity index (χ1) is 8.78. The van der Waals surface area contributed by atoms with Gasteiger partial charge in [0.15, 0.2) is 0 Å². The Hall–Kier alpha value is -2.05. The van der Waals surface area contributed by atoms with Gasteiger partial charge < -0.3 is 10.6 Å². The lowest BCUT2D eigenvalue weighted by Gasteiger charge is -2.16. The molecule has 7 heteroatoms. The maximum Gasteiger partial charge on any atom is 0.397 e. The second-order valence-corrected chi connectivity index (χ2v) is 3.92. The van der Waals surface area contributed by atoms with Crippen molar-refractivity contribution in [2.24, 2.45) is 0 Å². The quantitative estimate of drug-likeness (QED) is 0.823. The number of halogens is 3. The predicted molar refractivity (Wildman–Crippen MR) is 62.2 cm³/mol. The summed E-state index contributed by atoms with van der Waals surface area (Å²) in [7, 11) is 0.